The number of nitrogens with zero attached hydrogens (tertiary/aromatic N) is 1. The van der Waals surface area contributed by atoms with Gasteiger partial charge >= 0.3 is 12.1 Å². The Labute approximate surface area is 102 Å². The van der Waals surface area contributed by atoms with Crippen molar-refractivity contribution in [3.05, 3.63) is 0 Å². The van der Waals surface area contributed by atoms with E-state index in [1.807, 2.05) is 0 Å². The van der Waals surface area contributed by atoms with Crippen molar-refractivity contribution in [1.29, 1.82) is 0 Å². The van der Waals surface area contributed by atoms with E-state index in [0.717, 1.165) is 0 Å². The number of carbonyl (C=O) groups excluding carboxylic acids is 1. The van der Waals surface area contributed by atoms with Gasteiger partial charge < -0.3 is 14.7 Å². The maximum absolute atomic E-state index is 11.7. The molecule has 0 saturated carbocycles. The van der Waals surface area contributed by atoms with Crippen LogP contribution >= 0.6 is 0 Å². The van der Waals surface area contributed by atoms with Gasteiger partial charge in [0, 0.05) is 19.0 Å². The number of carbonyl (C=O) groups is 2. The average Bonchev–Trinajstić information content (AvgIpc) is 2.12. The molecule has 1 rings (SSSR count). The van der Waals surface area contributed by atoms with Crippen LogP contribution in [0, 0.1) is 11.8 Å². The van der Waals surface area contributed by atoms with Crippen LogP contribution in [-0.2, 0) is 14.3 Å². The summed E-state index contributed by atoms with van der Waals surface area (Å²) in [4.78, 5) is 23.3. The smallest absolute Gasteiger partial charge is 0.411 e. The molecule has 0 radical (unpaired) electrons. The van der Waals surface area contributed by atoms with E-state index in [1.165, 1.54) is 11.8 Å². The number of rotatable bonds is 5. The van der Waals surface area contributed by atoms with Crippen molar-refractivity contribution in [2.75, 3.05) is 26.3 Å². The minimum atomic E-state index is -4.45. The number of carboxylic acid groups (broad SMARTS) is 1. The van der Waals surface area contributed by atoms with Crippen molar-refractivity contribution >= 4 is 11.9 Å². The van der Waals surface area contributed by atoms with E-state index in [4.69, 9.17) is 5.11 Å². The highest BCUT2D eigenvalue weighted by Crippen LogP contribution is 2.24. The number of hydrogen-bond acceptors (Lipinski definition) is 3. The summed E-state index contributed by atoms with van der Waals surface area (Å²) in [5.41, 5.74) is 0. The number of aliphatic carboxylic acids is 1. The molecule has 0 aromatic heterocycles. The quantitative estimate of drug-likeness (QED) is 0.799. The molecule has 5 nitrogen and oxygen atoms in total. The van der Waals surface area contributed by atoms with Gasteiger partial charge in [0.1, 0.15) is 13.2 Å². The zero-order chi connectivity index (χ0) is 13.9. The van der Waals surface area contributed by atoms with E-state index in [9.17, 15) is 22.8 Å². The maximum atomic E-state index is 11.7. The van der Waals surface area contributed by atoms with Crippen LogP contribution < -0.4 is 0 Å². The van der Waals surface area contributed by atoms with Gasteiger partial charge in [0.2, 0.25) is 5.91 Å². The minimum absolute atomic E-state index is 0.144. The second-order valence-corrected chi connectivity index (χ2v) is 4.29. The first-order valence-electron chi connectivity index (χ1n) is 5.36. The number of amides is 1. The Morgan fingerprint density at radius 1 is 1.44 bits per heavy atom. The van der Waals surface area contributed by atoms with Crippen LogP contribution in [0.3, 0.4) is 0 Å². The van der Waals surface area contributed by atoms with E-state index in [1.54, 1.807) is 0 Å². The Morgan fingerprint density at radius 2 is 2.00 bits per heavy atom. The van der Waals surface area contributed by atoms with E-state index >= 15 is 0 Å². The molecule has 1 unspecified atom stereocenters. The van der Waals surface area contributed by atoms with Crippen LogP contribution in [-0.4, -0.2) is 54.4 Å². The highest BCUT2D eigenvalue weighted by Gasteiger charge is 2.37. The standard InChI is InChI=1S/C10H14F3NO4/c1-6(9(16)17)7-2-14(3-7)8(15)4-18-5-10(11,12)13/h6-7H,2-5H2,1H3,(H,16,17). The number of halogens is 3. The number of ether oxygens (including phenoxy) is 1. The van der Waals surface area contributed by atoms with Crippen molar-refractivity contribution in [1.82, 2.24) is 4.90 Å². The number of alkyl halides is 3. The van der Waals surface area contributed by atoms with Gasteiger partial charge in [-0.05, 0) is 0 Å². The zero-order valence-electron chi connectivity index (χ0n) is 9.74. The average molecular weight is 269 g/mol. The largest absolute Gasteiger partial charge is 0.481 e. The number of likely N-dealkylation sites (tertiary alicyclic amines) is 1. The molecule has 18 heavy (non-hydrogen) atoms. The lowest BCUT2D eigenvalue weighted by atomic mass is 9.87. The molecule has 1 fully saturated rings. The summed E-state index contributed by atoms with van der Waals surface area (Å²) in [7, 11) is 0. The molecule has 1 atom stereocenters. The first kappa shape index (κ1) is 14.7. The van der Waals surface area contributed by atoms with Gasteiger partial charge in [0.25, 0.3) is 0 Å². The normalized spacial score (nSPS) is 18.3. The predicted octanol–water partition coefficient (Wildman–Crippen LogP) is 0.744. The summed E-state index contributed by atoms with van der Waals surface area (Å²) in [6, 6.07) is 0. The molecule has 0 spiro atoms. The lowest BCUT2D eigenvalue weighted by Crippen LogP contribution is -2.54. The van der Waals surface area contributed by atoms with Gasteiger partial charge in [-0.2, -0.15) is 13.2 Å². The van der Waals surface area contributed by atoms with E-state index in [-0.39, 0.29) is 19.0 Å². The highest BCUT2D eigenvalue weighted by molar-refractivity contribution is 5.79. The summed E-state index contributed by atoms with van der Waals surface area (Å²) in [5.74, 6) is -2.20. The Balaban J connectivity index is 2.21. The lowest BCUT2D eigenvalue weighted by molar-refractivity contribution is -0.180. The summed E-state index contributed by atoms with van der Waals surface area (Å²) in [5, 5.41) is 8.72. The predicted molar refractivity (Wildman–Crippen MR) is 53.7 cm³/mol. The molecule has 104 valence electrons. The second-order valence-electron chi connectivity index (χ2n) is 4.29. The fourth-order valence-electron chi connectivity index (χ4n) is 1.58. The third kappa shape index (κ3) is 4.17. The molecule has 0 bridgehead atoms. The third-order valence-electron chi connectivity index (χ3n) is 2.85. The van der Waals surface area contributed by atoms with Gasteiger partial charge in [-0.15, -0.1) is 0 Å². The van der Waals surface area contributed by atoms with Crippen LogP contribution in [0.1, 0.15) is 6.92 Å². The summed E-state index contributed by atoms with van der Waals surface area (Å²) in [6.45, 7) is -0.0481. The Morgan fingerprint density at radius 3 is 2.44 bits per heavy atom. The second kappa shape index (κ2) is 5.55. The molecule has 1 saturated heterocycles. The molecule has 1 heterocycles. The molecule has 1 aliphatic heterocycles. The Hall–Kier alpha value is -1.31. The van der Waals surface area contributed by atoms with Crippen molar-refractivity contribution < 1.29 is 32.6 Å². The Bertz CT molecular complexity index is 326. The van der Waals surface area contributed by atoms with Gasteiger partial charge in [0.15, 0.2) is 0 Å². The first-order chi connectivity index (χ1) is 8.20. The van der Waals surface area contributed by atoms with Gasteiger partial charge in [-0.1, -0.05) is 6.92 Å². The SMILES string of the molecule is CC(C(=O)O)C1CN(C(=O)COCC(F)(F)F)C1. The summed E-state index contributed by atoms with van der Waals surface area (Å²) < 4.78 is 39.5. The Kier molecular flexibility index (Phi) is 4.55. The van der Waals surface area contributed by atoms with Gasteiger partial charge in [-0.25, -0.2) is 0 Å². The molecular formula is C10H14F3NO4. The van der Waals surface area contributed by atoms with Gasteiger partial charge in [-0.3, -0.25) is 9.59 Å². The topological polar surface area (TPSA) is 66.8 Å². The zero-order valence-corrected chi connectivity index (χ0v) is 9.74. The number of hydrogen-bond donors (Lipinski definition) is 1. The molecule has 1 N–H and O–H groups in total. The molecular weight excluding hydrogens is 255 g/mol. The lowest BCUT2D eigenvalue weighted by Gasteiger charge is -2.41. The molecule has 8 heteroatoms. The van der Waals surface area contributed by atoms with Crippen LogP contribution in [0.2, 0.25) is 0 Å². The third-order valence-corrected chi connectivity index (χ3v) is 2.85. The maximum Gasteiger partial charge on any atom is 0.411 e. The van der Waals surface area contributed by atoms with Crippen LogP contribution in [0.4, 0.5) is 13.2 Å². The minimum Gasteiger partial charge on any atom is -0.481 e. The van der Waals surface area contributed by atoms with Crippen molar-refractivity contribution in [3.8, 4) is 0 Å². The van der Waals surface area contributed by atoms with Crippen LogP contribution in [0.25, 0.3) is 0 Å². The van der Waals surface area contributed by atoms with Crippen molar-refractivity contribution in [2.45, 2.75) is 13.1 Å². The fraction of sp³-hybridized carbons (Fsp3) is 0.800. The number of carboxylic acids is 1. The fourth-order valence-corrected chi connectivity index (χ4v) is 1.58. The molecule has 0 aromatic rings. The molecule has 0 aliphatic carbocycles. The van der Waals surface area contributed by atoms with E-state index in [0.29, 0.717) is 0 Å². The molecule has 0 aromatic carbocycles. The summed E-state index contributed by atoms with van der Waals surface area (Å²) >= 11 is 0. The monoisotopic (exact) mass is 269 g/mol. The molecule has 1 amide bonds. The summed E-state index contributed by atoms with van der Waals surface area (Å²) in [6.07, 6.45) is -4.45. The highest BCUT2D eigenvalue weighted by atomic mass is 19.4. The van der Waals surface area contributed by atoms with Crippen LogP contribution in [0.5, 0.6) is 0 Å². The van der Waals surface area contributed by atoms with E-state index < -0.39 is 37.2 Å². The molecule has 1 aliphatic rings. The van der Waals surface area contributed by atoms with E-state index in [2.05, 4.69) is 4.74 Å². The van der Waals surface area contributed by atoms with Crippen LogP contribution in [0.15, 0.2) is 0 Å². The first-order valence-corrected chi connectivity index (χ1v) is 5.36. The van der Waals surface area contributed by atoms with Crippen molar-refractivity contribution in [3.63, 3.8) is 0 Å². The van der Waals surface area contributed by atoms with Crippen molar-refractivity contribution in [2.24, 2.45) is 11.8 Å². The van der Waals surface area contributed by atoms with Gasteiger partial charge in [0.05, 0.1) is 5.92 Å².